The van der Waals surface area contributed by atoms with Gasteiger partial charge in [-0.2, -0.15) is 4.98 Å². The van der Waals surface area contributed by atoms with Crippen molar-refractivity contribution >= 4 is 35.1 Å². The molecule has 3 aliphatic rings. The number of halogens is 1. The lowest BCUT2D eigenvalue weighted by Crippen LogP contribution is -2.51. The summed E-state index contributed by atoms with van der Waals surface area (Å²) >= 11 is 6.41. The van der Waals surface area contributed by atoms with Gasteiger partial charge < -0.3 is 19.9 Å². The molecule has 0 saturated carbocycles. The van der Waals surface area contributed by atoms with Gasteiger partial charge in [0.25, 0.3) is 5.91 Å². The summed E-state index contributed by atoms with van der Waals surface area (Å²) in [6, 6.07) is -0.151. The molecule has 1 fully saturated rings. The lowest BCUT2D eigenvalue weighted by atomic mass is 9.87. The van der Waals surface area contributed by atoms with E-state index in [2.05, 4.69) is 20.2 Å². The maximum atomic E-state index is 13.0. The number of ether oxygens (including phenoxy) is 1. The van der Waals surface area contributed by atoms with Gasteiger partial charge in [-0.15, -0.1) is 0 Å². The van der Waals surface area contributed by atoms with Crippen LogP contribution >= 0.6 is 11.6 Å². The Morgan fingerprint density at radius 3 is 2.74 bits per heavy atom. The van der Waals surface area contributed by atoms with Crippen molar-refractivity contribution in [3.8, 4) is 0 Å². The van der Waals surface area contributed by atoms with Crippen LogP contribution in [0.15, 0.2) is 42.0 Å². The second kappa shape index (κ2) is 10.6. The molecule has 1 amide bonds. The average Bonchev–Trinajstić information content (AvgIpc) is 2.84. The number of aromatic nitrogens is 2. The molecule has 8 nitrogen and oxygen atoms in total. The standard InChI is InChI=1S/C25H32ClN5O3/c1-4-19(32)15-34-22-13-17-12-18(8-9-21(17)31(16(2)3)24(22)33)28-23-20(26)14-27-25(29-23)30-10-6-5-7-11-30/h8-9,12-14,16-17,21H,4-7,10-11,15H2,1-3H3,(H,27,28,29). The number of amides is 1. The number of anilines is 2. The topological polar surface area (TPSA) is 87.7 Å². The van der Waals surface area contributed by atoms with Gasteiger partial charge in [0, 0.05) is 37.2 Å². The molecule has 1 N–H and O–H groups in total. The number of ketones is 1. The summed E-state index contributed by atoms with van der Waals surface area (Å²) in [6.07, 6.45) is 13.3. The minimum Gasteiger partial charge on any atom is -0.480 e. The highest BCUT2D eigenvalue weighted by molar-refractivity contribution is 6.32. The number of nitrogens with zero attached hydrogens (tertiary/aromatic N) is 4. The normalized spacial score (nSPS) is 22.3. The third-order valence-electron chi connectivity index (χ3n) is 6.32. The Kier molecular flexibility index (Phi) is 7.56. The van der Waals surface area contributed by atoms with Gasteiger partial charge >= 0.3 is 0 Å². The molecule has 1 aromatic rings. The number of fused-ring (bicyclic) bond motifs is 1. The fraction of sp³-hybridized carbons (Fsp3) is 0.520. The first-order valence-electron chi connectivity index (χ1n) is 12.0. The SMILES string of the molecule is CCC(=O)COC1=CC2C=C(Nc3nc(N4CCCCC4)ncc3Cl)C=CC2N(C(C)C)C1=O. The Bertz CT molecular complexity index is 1030. The molecule has 4 rings (SSSR count). The Balaban J connectivity index is 1.56. The molecular formula is C25H32ClN5O3. The van der Waals surface area contributed by atoms with E-state index in [0.717, 1.165) is 31.6 Å². The van der Waals surface area contributed by atoms with Crippen LogP contribution in [0.25, 0.3) is 0 Å². The van der Waals surface area contributed by atoms with E-state index in [1.54, 1.807) is 24.1 Å². The van der Waals surface area contributed by atoms with Crippen LogP contribution in [0.2, 0.25) is 5.02 Å². The van der Waals surface area contributed by atoms with Crippen LogP contribution in [-0.2, 0) is 14.3 Å². The molecule has 182 valence electrons. The van der Waals surface area contributed by atoms with Crippen molar-refractivity contribution in [3.05, 3.63) is 47.0 Å². The van der Waals surface area contributed by atoms with E-state index in [-0.39, 0.29) is 42.1 Å². The molecule has 1 aromatic heterocycles. The summed E-state index contributed by atoms with van der Waals surface area (Å²) in [6.45, 7) is 7.52. The lowest BCUT2D eigenvalue weighted by Gasteiger charge is -2.41. The summed E-state index contributed by atoms with van der Waals surface area (Å²) in [5.74, 6) is 1.09. The molecule has 0 bridgehead atoms. The van der Waals surface area contributed by atoms with E-state index < -0.39 is 0 Å². The highest BCUT2D eigenvalue weighted by atomic mass is 35.5. The van der Waals surface area contributed by atoms with Crippen molar-refractivity contribution in [1.82, 2.24) is 14.9 Å². The Labute approximate surface area is 205 Å². The third-order valence-corrected chi connectivity index (χ3v) is 6.60. The Morgan fingerprint density at radius 2 is 2.03 bits per heavy atom. The zero-order chi connectivity index (χ0) is 24.2. The number of nitrogens with one attached hydrogen (secondary N) is 1. The Morgan fingerprint density at radius 1 is 1.26 bits per heavy atom. The van der Waals surface area contributed by atoms with Gasteiger partial charge in [0.05, 0.1) is 12.2 Å². The predicted molar refractivity (Wildman–Crippen MR) is 133 cm³/mol. The van der Waals surface area contributed by atoms with Crippen LogP contribution in [0, 0.1) is 5.92 Å². The van der Waals surface area contributed by atoms with Crippen LogP contribution in [0.4, 0.5) is 11.8 Å². The molecule has 0 spiro atoms. The molecular weight excluding hydrogens is 454 g/mol. The molecule has 0 aromatic carbocycles. The molecule has 2 unspecified atom stereocenters. The fourth-order valence-corrected chi connectivity index (χ4v) is 4.62. The van der Waals surface area contributed by atoms with E-state index >= 15 is 0 Å². The van der Waals surface area contributed by atoms with Gasteiger partial charge in [-0.1, -0.05) is 30.7 Å². The highest BCUT2D eigenvalue weighted by Gasteiger charge is 2.38. The molecule has 2 aliphatic heterocycles. The van der Waals surface area contributed by atoms with Crippen molar-refractivity contribution in [2.75, 3.05) is 29.9 Å². The van der Waals surface area contributed by atoms with Crippen molar-refractivity contribution in [2.24, 2.45) is 5.92 Å². The summed E-state index contributed by atoms with van der Waals surface area (Å²) in [7, 11) is 0. The average molecular weight is 486 g/mol. The van der Waals surface area contributed by atoms with Crippen LogP contribution in [0.3, 0.4) is 0 Å². The van der Waals surface area contributed by atoms with Gasteiger partial charge in [0.2, 0.25) is 5.95 Å². The van der Waals surface area contributed by atoms with E-state index in [9.17, 15) is 9.59 Å². The van der Waals surface area contributed by atoms with Gasteiger partial charge in [-0.3, -0.25) is 9.59 Å². The van der Waals surface area contributed by atoms with Gasteiger partial charge in [0.15, 0.2) is 17.4 Å². The number of carbonyl (C=O) groups is 2. The number of Topliss-reactive ketones (excluding diaryl/α,β-unsaturated/α-hetero) is 1. The number of carbonyl (C=O) groups excluding carboxylic acids is 2. The maximum absolute atomic E-state index is 13.0. The molecule has 1 saturated heterocycles. The summed E-state index contributed by atoms with van der Waals surface area (Å²) < 4.78 is 5.63. The number of hydrogen-bond donors (Lipinski definition) is 1. The van der Waals surface area contributed by atoms with Gasteiger partial charge in [0.1, 0.15) is 11.6 Å². The maximum Gasteiger partial charge on any atom is 0.289 e. The fourth-order valence-electron chi connectivity index (χ4n) is 4.49. The van der Waals surface area contributed by atoms with Crippen molar-refractivity contribution in [2.45, 2.75) is 58.5 Å². The second-order valence-electron chi connectivity index (χ2n) is 9.11. The molecule has 1 aliphatic carbocycles. The van der Waals surface area contributed by atoms with E-state index in [1.807, 2.05) is 32.1 Å². The smallest absolute Gasteiger partial charge is 0.289 e. The van der Waals surface area contributed by atoms with Crippen LogP contribution in [0.5, 0.6) is 0 Å². The second-order valence-corrected chi connectivity index (χ2v) is 9.51. The number of hydrogen-bond acceptors (Lipinski definition) is 7. The first-order chi connectivity index (χ1) is 16.4. The number of allylic oxidation sites excluding steroid dienone is 1. The van der Waals surface area contributed by atoms with Gasteiger partial charge in [-0.05, 0) is 45.3 Å². The minimum atomic E-state index is -0.195. The first kappa shape index (κ1) is 24.3. The molecule has 2 atom stereocenters. The molecule has 0 radical (unpaired) electrons. The summed E-state index contributed by atoms with van der Waals surface area (Å²) in [5.41, 5.74) is 0.824. The van der Waals surface area contributed by atoms with E-state index in [0.29, 0.717) is 23.2 Å². The molecule has 34 heavy (non-hydrogen) atoms. The van der Waals surface area contributed by atoms with E-state index in [4.69, 9.17) is 16.3 Å². The third kappa shape index (κ3) is 5.27. The van der Waals surface area contributed by atoms with Crippen molar-refractivity contribution in [1.29, 1.82) is 0 Å². The van der Waals surface area contributed by atoms with Crippen LogP contribution in [-0.4, -0.2) is 58.3 Å². The molecule has 9 heteroatoms. The van der Waals surface area contributed by atoms with E-state index in [1.165, 1.54) is 6.42 Å². The number of piperidine rings is 1. The van der Waals surface area contributed by atoms with Crippen LogP contribution < -0.4 is 10.2 Å². The summed E-state index contributed by atoms with van der Waals surface area (Å²) in [5, 5.41) is 3.77. The number of rotatable bonds is 8. The largest absolute Gasteiger partial charge is 0.480 e. The van der Waals surface area contributed by atoms with Crippen molar-refractivity contribution in [3.63, 3.8) is 0 Å². The zero-order valence-corrected chi connectivity index (χ0v) is 20.7. The minimum absolute atomic E-state index is 0.0230. The van der Waals surface area contributed by atoms with Crippen molar-refractivity contribution < 1.29 is 14.3 Å². The zero-order valence-electron chi connectivity index (χ0n) is 20.0. The molecule has 3 heterocycles. The Hall–Kier alpha value is -2.87. The lowest BCUT2D eigenvalue weighted by molar-refractivity contribution is -0.137. The summed E-state index contributed by atoms with van der Waals surface area (Å²) in [4.78, 5) is 37.9. The van der Waals surface area contributed by atoms with Crippen LogP contribution in [0.1, 0.15) is 46.5 Å². The predicted octanol–water partition coefficient (Wildman–Crippen LogP) is 4.10. The highest BCUT2D eigenvalue weighted by Crippen LogP contribution is 2.33. The van der Waals surface area contributed by atoms with Gasteiger partial charge in [-0.25, -0.2) is 4.98 Å². The quantitative estimate of drug-likeness (QED) is 0.593. The first-order valence-corrected chi connectivity index (χ1v) is 12.4. The monoisotopic (exact) mass is 485 g/mol.